The van der Waals surface area contributed by atoms with Crippen LogP contribution in [-0.4, -0.2) is 11.2 Å². The minimum atomic E-state index is -0.145. The molecular weight excluding hydrogens is 284 g/mol. The lowest BCUT2D eigenvalue weighted by atomic mass is 9.79. The van der Waals surface area contributed by atoms with E-state index >= 15 is 0 Å². The van der Waals surface area contributed by atoms with E-state index < -0.39 is 0 Å². The van der Waals surface area contributed by atoms with Crippen LogP contribution in [0.25, 0.3) is 0 Å². The highest BCUT2D eigenvalue weighted by atomic mass is 79.9. The number of aliphatic hydroxyl groups is 1. The van der Waals surface area contributed by atoms with Gasteiger partial charge >= 0.3 is 0 Å². The summed E-state index contributed by atoms with van der Waals surface area (Å²) in [5.74, 6) is 1.31. The highest BCUT2D eigenvalue weighted by molar-refractivity contribution is 9.10. The highest BCUT2D eigenvalue weighted by Gasteiger charge is 2.25. The smallest absolute Gasteiger partial charge is 0.0616 e. The van der Waals surface area contributed by atoms with Gasteiger partial charge in [-0.05, 0) is 46.7 Å². The molecule has 1 aromatic rings. The molecule has 0 amide bonds. The molecule has 3 heteroatoms. The van der Waals surface area contributed by atoms with Gasteiger partial charge in [0.2, 0.25) is 0 Å². The van der Waals surface area contributed by atoms with Crippen LogP contribution in [0.1, 0.15) is 37.5 Å². The average Bonchev–Trinajstić information content (AvgIpc) is 2.64. The molecule has 1 N–H and O–H groups in total. The fraction of sp³-hybridized carbons (Fsp3) is 0.692. The molecule has 0 saturated heterocycles. The Morgan fingerprint density at radius 1 is 1.56 bits per heavy atom. The Kier molecular flexibility index (Phi) is 4.45. The van der Waals surface area contributed by atoms with Crippen molar-refractivity contribution in [1.82, 2.24) is 0 Å². The van der Waals surface area contributed by atoms with Gasteiger partial charge in [0.25, 0.3) is 0 Å². The first kappa shape index (κ1) is 12.6. The van der Waals surface area contributed by atoms with Crippen LogP contribution in [0.3, 0.4) is 0 Å². The average molecular weight is 303 g/mol. The summed E-state index contributed by atoms with van der Waals surface area (Å²) in [5, 5.41) is 12.3. The minimum absolute atomic E-state index is 0.145. The second-order valence-electron chi connectivity index (χ2n) is 5.03. The van der Waals surface area contributed by atoms with Crippen molar-refractivity contribution in [2.24, 2.45) is 11.8 Å². The van der Waals surface area contributed by atoms with Crippen molar-refractivity contribution in [2.75, 3.05) is 0 Å². The Bertz CT molecular complexity index is 336. The molecule has 16 heavy (non-hydrogen) atoms. The van der Waals surface area contributed by atoms with Crippen LogP contribution in [0.4, 0.5) is 0 Å². The predicted molar refractivity (Wildman–Crippen MR) is 72.9 cm³/mol. The molecule has 1 aliphatic carbocycles. The molecule has 1 fully saturated rings. The van der Waals surface area contributed by atoms with Gasteiger partial charge in [-0.2, -0.15) is 0 Å². The maximum atomic E-state index is 10.2. The number of hydrogen-bond acceptors (Lipinski definition) is 2. The van der Waals surface area contributed by atoms with E-state index in [2.05, 4.69) is 34.3 Å². The highest BCUT2D eigenvalue weighted by Crippen LogP contribution is 2.32. The maximum absolute atomic E-state index is 10.2. The van der Waals surface area contributed by atoms with Crippen LogP contribution in [0, 0.1) is 11.8 Å². The third-order valence-corrected chi connectivity index (χ3v) is 5.27. The van der Waals surface area contributed by atoms with E-state index in [1.165, 1.54) is 30.6 Å². The summed E-state index contributed by atoms with van der Waals surface area (Å²) in [4.78, 5) is 1.29. The van der Waals surface area contributed by atoms with Gasteiger partial charge in [0.05, 0.1) is 6.10 Å². The van der Waals surface area contributed by atoms with Crippen LogP contribution in [0.2, 0.25) is 0 Å². The Labute approximate surface area is 110 Å². The monoisotopic (exact) mass is 302 g/mol. The topological polar surface area (TPSA) is 20.2 Å². The van der Waals surface area contributed by atoms with Crippen molar-refractivity contribution in [3.8, 4) is 0 Å². The molecule has 1 saturated carbocycles. The number of aliphatic hydroxyl groups excluding tert-OH is 1. The number of thiophene rings is 1. The van der Waals surface area contributed by atoms with E-state index in [0.29, 0.717) is 5.92 Å². The molecule has 90 valence electrons. The molecule has 0 bridgehead atoms. The summed E-state index contributed by atoms with van der Waals surface area (Å²) >= 11 is 5.19. The van der Waals surface area contributed by atoms with Crippen LogP contribution in [0.15, 0.2) is 15.9 Å². The lowest BCUT2D eigenvalue weighted by molar-refractivity contribution is 0.0726. The van der Waals surface area contributed by atoms with Gasteiger partial charge in [0.15, 0.2) is 0 Å². The third kappa shape index (κ3) is 3.31. The standard InChI is InChI=1S/C13H19BrOS/c1-9-3-2-4-10(5-9)13(15)7-12-6-11(14)8-16-12/h6,8-10,13,15H,2-5,7H2,1H3. The van der Waals surface area contributed by atoms with Gasteiger partial charge in [-0.25, -0.2) is 0 Å². The van der Waals surface area contributed by atoms with Gasteiger partial charge in [-0.15, -0.1) is 11.3 Å². The first-order valence-electron chi connectivity index (χ1n) is 6.06. The minimum Gasteiger partial charge on any atom is -0.392 e. The molecule has 1 nitrogen and oxygen atoms in total. The lowest BCUT2D eigenvalue weighted by Gasteiger charge is -2.30. The zero-order valence-electron chi connectivity index (χ0n) is 9.66. The van der Waals surface area contributed by atoms with Crippen LogP contribution in [0.5, 0.6) is 0 Å². The van der Waals surface area contributed by atoms with E-state index in [9.17, 15) is 5.11 Å². The number of rotatable bonds is 3. The predicted octanol–water partition coefficient (Wildman–Crippen LogP) is 4.24. The van der Waals surface area contributed by atoms with Crippen LogP contribution in [-0.2, 0) is 6.42 Å². The van der Waals surface area contributed by atoms with Crippen molar-refractivity contribution < 1.29 is 5.11 Å². The summed E-state index contributed by atoms with van der Waals surface area (Å²) < 4.78 is 1.14. The van der Waals surface area contributed by atoms with Gasteiger partial charge in [0.1, 0.15) is 0 Å². The molecular formula is C13H19BrOS. The molecule has 0 spiro atoms. The number of halogens is 1. The molecule has 1 aromatic heterocycles. The third-order valence-electron chi connectivity index (χ3n) is 3.55. The Morgan fingerprint density at radius 3 is 3.00 bits per heavy atom. The summed E-state index contributed by atoms with van der Waals surface area (Å²) in [6, 6.07) is 2.13. The summed E-state index contributed by atoms with van der Waals surface area (Å²) in [5.41, 5.74) is 0. The first-order chi connectivity index (χ1) is 7.65. The Hall–Kier alpha value is 0.140. The largest absolute Gasteiger partial charge is 0.392 e. The van der Waals surface area contributed by atoms with Gasteiger partial charge in [0, 0.05) is 21.2 Å². The Balaban J connectivity index is 1.89. The van der Waals surface area contributed by atoms with Crippen LogP contribution < -0.4 is 0 Å². The van der Waals surface area contributed by atoms with Gasteiger partial charge < -0.3 is 5.11 Å². The molecule has 0 aliphatic heterocycles. The first-order valence-corrected chi connectivity index (χ1v) is 7.73. The SMILES string of the molecule is CC1CCCC(C(O)Cc2cc(Br)cs2)C1. The quantitative estimate of drug-likeness (QED) is 0.885. The van der Waals surface area contributed by atoms with E-state index in [0.717, 1.165) is 16.8 Å². The lowest BCUT2D eigenvalue weighted by Crippen LogP contribution is -2.27. The molecule has 1 heterocycles. The molecule has 0 radical (unpaired) electrons. The second kappa shape index (κ2) is 5.65. The Morgan fingerprint density at radius 2 is 2.38 bits per heavy atom. The van der Waals surface area contributed by atoms with Crippen molar-refractivity contribution in [2.45, 2.75) is 45.1 Å². The van der Waals surface area contributed by atoms with E-state index in [1.807, 2.05) is 0 Å². The number of hydrogen-bond donors (Lipinski definition) is 1. The molecule has 1 aliphatic rings. The molecule has 3 atom stereocenters. The van der Waals surface area contributed by atoms with Gasteiger partial charge in [-0.1, -0.05) is 19.8 Å². The van der Waals surface area contributed by atoms with Crippen LogP contribution >= 0.6 is 27.3 Å². The summed E-state index contributed by atoms with van der Waals surface area (Å²) in [6.45, 7) is 2.31. The van der Waals surface area contributed by atoms with Crippen molar-refractivity contribution >= 4 is 27.3 Å². The van der Waals surface area contributed by atoms with Gasteiger partial charge in [-0.3, -0.25) is 0 Å². The summed E-state index contributed by atoms with van der Waals surface area (Å²) in [7, 11) is 0. The molecule has 3 unspecified atom stereocenters. The fourth-order valence-corrected chi connectivity index (χ4v) is 4.17. The molecule has 0 aromatic carbocycles. The van der Waals surface area contributed by atoms with E-state index in [4.69, 9.17) is 0 Å². The molecule has 2 rings (SSSR count). The fourth-order valence-electron chi connectivity index (χ4n) is 2.66. The van der Waals surface area contributed by atoms with E-state index in [-0.39, 0.29) is 6.10 Å². The van der Waals surface area contributed by atoms with Crippen molar-refractivity contribution in [3.63, 3.8) is 0 Å². The maximum Gasteiger partial charge on any atom is 0.0616 e. The van der Waals surface area contributed by atoms with Crippen molar-refractivity contribution in [3.05, 3.63) is 20.8 Å². The zero-order chi connectivity index (χ0) is 11.5. The van der Waals surface area contributed by atoms with E-state index in [1.54, 1.807) is 11.3 Å². The zero-order valence-corrected chi connectivity index (χ0v) is 12.1. The second-order valence-corrected chi connectivity index (χ2v) is 6.95. The summed E-state index contributed by atoms with van der Waals surface area (Å²) in [6.07, 6.45) is 5.72. The van der Waals surface area contributed by atoms with Crippen molar-refractivity contribution in [1.29, 1.82) is 0 Å². The normalized spacial score (nSPS) is 27.9.